The van der Waals surface area contributed by atoms with Gasteiger partial charge in [-0.05, 0) is 44.8 Å². The zero-order valence-corrected chi connectivity index (χ0v) is 19.3. The van der Waals surface area contributed by atoms with Crippen LogP contribution in [0, 0.1) is 26.7 Å². The topological polar surface area (TPSA) is 3.24 Å². The van der Waals surface area contributed by atoms with E-state index < -0.39 is 17.0 Å². The Morgan fingerprint density at radius 2 is 1.00 bits per heavy atom. The van der Waals surface area contributed by atoms with Crippen molar-refractivity contribution in [3.63, 3.8) is 0 Å². The van der Waals surface area contributed by atoms with E-state index in [1.807, 2.05) is 0 Å². The average Bonchev–Trinajstić information content (AvgIpc) is 3.17. The molecule has 0 radical (unpaired) electrons. The molecule has 3 fully saturated rings. The third-order valence-corrected chi connectivity index (χ3v) is 5.08. The van der Waals surface area contributed by atoms with Gasteiger partial charge in [-0.2, -0.15) is 0 Å². The fourth-order valence-corrected chi connectivity index (χ4v) is 3.81. The van der Waals surface area contributed by atoms with E-state index in [9.17, 15) is 0 Å². The predicted molar refractivity (Wildman–Crippen MR) is 99.8 cm³/mol. The van der Waals surface area contributed by atoms with Crippen LogP contribution in [0.4, 0.5) is 0 Å². The fourth-order valence-electron chi connectivity index (χ4n) is 3.81. The van der Waals surface area contributed by atoms with Gasteiger partial charge in [0, 0.05) is 0 Å². The second-order valence-corrected chi connectivity index (χ2v) is 9.10. The number of nitrogens with zero attached hydrogens (tertiary/aromatic N) is 1. The number of hydrogen-bond acceptors (Lipinski definition) is 1. The van der Waals surface area contributed by atoms with Crippen LogP contribution in [0.15, 0.2) is 0 Å². The molecule has 1 saturated heterocycles. The number of halogens is 3. The van der Waals surface area contributed by atoms with Crippen molar-refractivity contribution < 1.29 is 29.4 Å². The van der Waals surface area contributed by atoms with Gasteiger partial charge in [-0.25, -0.2) is 0 Å². The first-order valence-electron chi connectivity index (χ1n) is 8.42. The van der Waals surface area contributed by atoms with Crippen LogP contribution < -0.4 is 12.4 Å². The van der Waals surface area contributed by atoms with Crippen molar-refractivity contribution in [2.45, 2.75) is 70.6 Å². The molecule has 0 N–H and O–H groups in total. The van der Waals surface area contributed by atoms with Crippen molar-refractivity contribution in [2.24, 2.45) is 11.8 Å². The standard InChI is InChI=1S/C11H21N.C5H10.2CH3.3ClH.Ti/c1-12-8-6-11(7-9-12)10-4-2-3-5-10;1-2-4-5-3-1;;;;;;/h10-11H,2-9H2,1H3;1-5H2;2*1H3;3*1H;/q;;2*-1;;;;+2/p-3. The summed E-state index contributed by atoms with van der Waals surface area (Å²) in [5.41, 5.74) is 0. The van der Waals surface area contributed by atoms with Crippen molar-refractivity contribution in [1.82, 2.24) is 4.90 Å². The minimum absolute atomic E-state index is 0. The summed E-state index contributed by atoms with van der Waals surface area (Å²) in [6.07, 6.45) is 16.5. The van der Waals surface area contributed by atoms with E-state index in [2.05, 4.69) is 11.9 Å². The fraction of sp³-hybridized carbons (Fsp3) is 0.889. The molecule has 5 heteroatoms. The Morgan fingerprint density at radius 1 is 0.696 bits per heavy atom. The van der Waals surface area contributed by atoms with Gasteiger partial charge in [0.15, 0.2) is 0 Å². The molecule has 0 aromatic rings. The van der Waals surface area contributed by atoms with Gasteiger partial charge < -0.3 is 32.2 Å². The van der Waals surface area contributed by atoms with Crippen molar-refractivity contribution >= 4 is 18.6 Å². The summed E-state index contributed by atoms with van der Waals surface area (Å²) in [4.78, 5) is 2.48. The zero-order valence-electron chi connectivity index (χ0n) is 15.4. The Hall–Kier alpha value is 1.54. The molecule has 3 aliphatic rings. The van der Waals surface area contributed by atoms with E-state index in [1.54, 1.807) is 0 Å². The summed E-state index contributed by atoms with van der Waals surface area (Å²) in [5.74, 6) is 2.20. The molecule has 0 bridgehead atoms. The molecular weight excluding hydrogens is 384 g/mol. The predicted octanol–water partition coefficient (Wildman–Crippen LogP) is 3.75. The van der Waals surface area contributed by atoms with Crippen LogP contribution in [0.5, 0.6) is 0 Å². The number of likely N-dealkylation sites (tertiary alicyclic amines) is 1. The summed E-state index contributed by atoms with van der Waals surface area (Å²) >= 11 is -0.556. The van der Waals surface area contributed by atoms with Gasteiger partial charge in [0.2, 0.25) is 0 Å². The van der Waals surface area contributed by atoms with Crippen molar-refractivity contribution in [3.8, 4) is 0 Å². The molecule has 2 aliphatic carbocycles. The molecule has 0 unspecified atom stereocenters. The first-order valence-corrected chi connectivity index (χ1v) is 12.7. The van der Waals surface area contributed by atoms with Gasteiger partial charge in [-0.1, -0.05) is 57.8 Å². The van der Waals surface area contributed by atoms with Crippen molar-refractivity contribution in [2.75, 3.05) is 20.1 Å². The molecule has 1 nitrogen and oxygen atoms in total. The van der Waals surface area contributed by atoms with E-state index in [0.29, 0.717) is 0 Å². The summed E-state index contributed by atoms with van der Waals surface area (Å²) in [7, 11) is 12.0. The SMILES string of the molecule is C1CCCC1.CN1CCC(C2CCCC2)CC1.[CH3-].[CH3-].[Cl-].[Cl][Ti][Cl]. The molecule has 0 aromatic carbocycles. The van der Waals surface area contributed by atoms with Crippen molar-refractivity contribution in [1.29, 1.82) is 0 Å². The zero-order chi connectivity index (χ0) is 14.6. The summed E-state index contributed by atoms with van der Waals surface area (Å²) in [5, 5.41) is 0. The average molecular weight is 422 g/mol. The molecule has 142 valence electrons. The van der Waals surface area contributed by atoms with Gasteiger partial charge in [0.05, 0.1) is 0 Å². The van der Waals surface area contributed by atoms with E-state index in [-0.39, 0.29) is 27.3 Å². The van der Waals surface area contributed by atoms with Gasteiger partial charge >= 0.3 is 35.6 Å². The molecule has 0 spiro atoms. The van der Waals surface area contributed by atoms with Gasteiger partial charge in [0.1, 0.15) is 0 Å². The van der Waals surface area contributed by atoms with E-state index in [1.165, 1.54) is 83.7 Å². The quantitative estimate of drug-likeness (QED) is 0.460. The minimum atomic E-state index is -0.556. The normalized spacial score (nSPS) is 21.3. The first kappa shape index (κ1) is 29.3. The first-order chi connectivity index (χ1) is 9.77. The molecule has 0 amide bonds. The van der Waals surface area contributed by atoms with E-state index in [0.717, 1.165) is 11.8 Å². The Labute approximate surface area is 169 Å². The van der Waals surface area contributed by atoms with Crippen LogP contribution in [0.1, 0.15) is 70.6 Å². The molecular formula is C18H37Cl3NTi-3. The Kier molecular flexibility index (Phi) is 25.3. The van der Waals surface area contributed by atoms with E-state index in [4.69, 9.17) is 18.6 Å². The number of hydrogen-bond donors (Lipinski definition) is 0. The molecule has 23 heavy (non-hydrogen) atoms. The number of piperidine rings is 1. The molecule has 0 atom stereocenters. The molecule has 1 heterocycles. The maximum absolute atomic E-state index is 4.89. The van der Waals surface area contributed by atoms with Crippen LogP contribution in [0.2, 0.25) is 0 Å². The Balaban J connectivity index is -0.000000312. The van der Waals surface area contributed by atoms with Crippen LogP contribution in [0.3, 0.4) is 0 Å². The summed E-state index contributed by atoms with van der Waals surface area (Å²) in [6, 6.07) is 0. The van der Waals surface area contributed by atoms with Gasteiger partial charge in [-0.3, -0.25) is 0 Å². The van der Waals surface area contributed by atoms with Crippen LogP contribution in [-0.2, 0) is 17.0 Å². The molecule has 2 saturated carbocycles. The second kappa shape index (κ2) is 19.9. The van der Waals surface area contributed by atoms with Crippen LogP contribution in [0.25, 0.3) is 0 Å². The molecule has 0 aromatic heterocycles. The third kappa shape index (κ3) is 14.4. The van der Waals surface area contributed by atoms with Gasteiger partial charge in [-0.15, -0.1) is 0 Å². The van der Waals surface area contributed by atoms with Crippen LogP contribution in [-0.4, -0.2) is 25.0 Å². The second-order valence-electron chi connectivity index (χ2n) is 6.52. The molecule has 1 aliphatic heterocycles. The van der Waals surface area contributed by atoms with Gasteiger partial charge in [0.25, 0.3) is 0 Å². The summed E-state index contributed by atoms with van der Waals surface area (Å²) < 4.78 is 0. The Morgan fingerprint density at radius 3 is 1.35 bits per heavy atom. The molecule has 3 rings (SSSR count). The summed E-state index contributed by atoms with van der Waals surface area (Å²) in [6.45, 7) is 2.70. The number of rotatable bonds is 1. The van der Waals surface area contributed by atoms with Crippen LogP contribution >= 0.6 is 18.6 Å². The maximum atomic E-state index is 4.89. The Bertz CT molecular complexity index is 207. The van der Waals surface area contributed by atoms with Crippen molar-refractivity contribution in [3.05, 3.63) is 14.9 Å². The van der Waals surface area contributed by atoms with E-state index >= 15 is 0 Å². The monoisotopic (exact) mass is 420 g/mol. The third-order valence-electron chi connectivity index (χ3n) is 5.08.